The fourth-order valence-corrected chi connectivity index (χ4v) is 1.93. The third-order valence-electron chi connectivity index (χ3n) is 2.89. The molecular formula is C14H11FN4O. The van der Waals surface area contributed by atoms with Crippen molar-refractivity contribution in [3.8, 4) is 0 Å². The van der Waals surface area contributed by atoms with Gasteiger partial charge in [-0.1, -0.05) is 12.1 Å². The van der Waals surface area contributed by atoms with Gasteiger partial charge < -0.3 is 5.32 Å². The average Bonchev–Trinajstić information content (AvgIpc) is 2.90. The zero-order valence-electron chi connectivity index (χ0n) is 10.7. The van der Waals surface area contributed by atoms with E-state index >= 15 is 0 Å². The molecule has 2 aromatic heterocycles. The zero-order chi connectivity index (χ0) is 14.1. The first-order chi connectivity index (χ1) is 9.65. The fourth-order valence-electron chi connectivity index (χ4n) is 1.93. The summed E-state index contributed by atoms with van der Waals surface area (Å²) in [6.45, 7) is 1.82. The van der Waals surface area contributed by atoms with Crippen molar-refractivity contribution in [2.24, 2.45) is 0 Å². The number of anilines is 1. The number of hydrogen-bond acceptors (Lipinski definition) is 3. The highest BCUT2D eigenvalue weighted by Crippen LogP contribution is 2.14. The van der Waals surface area contributed by atoms with Crippen LogP contribution < -0.4 is 5.32 Å². The van der Waals surface area contributed by atoms with Crippen LogP contribution >= 0.6 is 0 Å². The third kappa shape index (κ3) is 2.11. The molecule has 3 rings (SSSR count). The number of hydrogen-bond donors (Lipinski definition) is 1. The summed E-state index contributed by atoms with van der Waals surface area (Å²) in [6, 6.07) is 9.30. The number of halogens is 1. The van der Waals surface area contributed by atoms with Gasteiger partial charge in [-0.25, -0.2) is 13.9 Å². The van der Waals surface area contributed by atoms with Crippen LogP contribution in [0.15, 0.2) is 42.6 Å². The number of fused-ring (bicyclic) bond motifs is 1. The summed E-state index contributed by atoms with van der Waals surface area (Å²) in [4.78, 5) is 16.3. The summed E-state index contributed by atoms with van der Waals surface area (Å²) in [5.74, 6) is -0.940. The number of aromatic nitrogens is 3. The molecule has 20 heavy (non-hydrogen) atoms. The predicted octanol–water partition coefficient (Wildman–Crippen LogP) is 2.43. The second-order valence-corrected chi connectivity index (χ2v) is 4.32. The molecule has 0 radical (unpaired) electrons. The Morgan fingerprint density at radius 3 is 2.90 bits per heavy atom. The molecule has 0 unspecified atom stereocenters. The predicted molar refractivity (Wildman–Crippen MR) is 72.1 cm³/mol. The number of carbonyl (C=O) groups is 1. The van der Waals surface area contributed by atoms with E-state index in [9.17, 15) is 9.18 Å². The maximum absolute atomic E-state index is 13.5. The molecule has 0 bridgehead atoms. The van der Waals surface area contributed by atoms with E-state index in [0.717, 1.165) is 5.69 Å². The van der Waals surface area contributed by atoms with Crippen molar-refractivity contribution in [1.82, 2.24) is 14.6 Å². The van der Waals surface area contributed by atoms with E-state index < -0.39 is 11.7 Å². The Morgan fingerprint density at radius 1 is 1.30 bits per heavy atom. The van der Waals surface area contributed by atoms with Gasteiger partial charge in [0.1, 0.15) is 11.5 Å². The molecule has 6 heteroatoms. The molecular weight excluding hydrogens is 259 g/mol. The SMILES string of the molecule is Cc1cc(C(=O)Nc2ccccc2F)nc2ccnn12. The molecule has 0 saturated heterocycles. The Bertz CT molecular complexity index is 797. The number of amides is 1. The Hall–Kier alpha value is -2.76. The van der Waals surface area contributed by atoms with Gasteiger partial charge in [-0.15, -0.1) is 0 Å². The highest BCUT2D eigenvalue weighted by Gasteiger charge is 2.12. The van der Waals surface area contributed by atoms with Crippen LogP contribution in [0.25, 0.3) is 5.65 Å². The number of aryl methyl sites for hydroxylation is 1. The number of para-hydroxylation sites is 1. The highest BCUT2D eigenvalue weighted by molar-refractivity contribution is 6.03. The Labute approximate surface area is 114 Å². The van der Waals surface area contributed by atoms with E-state index in [2.05, 4.69) is 15.4 Å². The summed E-state index contributed by atoms with van der Waals surface area (Å²) in [5.41, 5.74) is 1.70. The molecule has 0 spiro atoms. The first-order valence-electron chi connectivity index (χ1n) is 6.02. The normalized spacial score (nSPS) is 10.7. The van der Waals surface area contributed by atoms with Crippen molar-refractivity contribution < 1.29 is 9.18 Å². The Balaban J connectivity index is 1.95. The van der Waals surface area contributed by atoms with E-state index in [1.165, 1.54) is 12.1 Å². The molecule has 5 nitrogen and oxygen atoms in total. The number of nitrogens with zero attached hydrogens (tertiary/aromatic N) is 3. The van der Waals surface area contributed by atoms with Crippen LogP contribution in [0, 0.1) is 12.7 Å². The van der Waals surface area contributed by atoms with Gasteiger partial charge in [0.25, 0.3) is 5.91 Å². The molecule has 1 N–H and O–H groups in total. The lowest BCUT2D eigenvalue weighted by atomic mass is 10.2. The lowest BCUT2D eigenvalue weighted by Gasteiger charge is -2.07. The number of rotatable bonds is 2. The first kappa shape index (κ1) is 12.3. The minimum absolute atomic E-state index is 0.130. The zero-order valence-corrected chi connectivity index (χ0v) is 10.7. The second kappa shape index (κ2) is 4.73. The molecule has 0 aliphatic rings. The number of carbonyl (C=O) groups excluding carboxylic acids is 1. The minimum Gasteiger partial charge on any atom is -0.318 e. The van der Waals surface area contributed by atoms with Crippen molar-refractivity contribution in [3.05, 3.63) is 59.8 Å². The van der Waals surface area contributed by atoms with E-state index in [1.54, 1.807) is 35.0 Å². The topological polar surface area (TPSA) is 59.3 Å². The monoisotopic (exact) mass is 270 g/mol. The van der Waals surface area contributed by atoms with Crippen molar-refractivity contribution in [1.29, 1.82) is 0 Å². The standard InChI is InChI=1S/C14H11FN4O/c1-9-8-12(17-13-6-7-16-19(9)13)14(20)18-11-5-3-2-4-10(11)15/h2-8H,1H3,(H,18,20). The summed E-state index contributed by atoms with van der Waals surface area (Å²) >= 11 is 0. The van der Waals surface area contributed by atoms with E-state index in [-0.39, 0.29) is 11.4 Å². The molecule has 3 aromatic rings. The Morgan fingerprint density at radius 2 is 2.10 bits per heavy atom. The Kier molecular flexibility index (Phi) is 2.90. The van der Waals surface area contributed by atoms with Gasteiger partial charge >= 0.3 is 0 Å². The average molecular weight is 270 g/mol. The van der Waals surface area contributed by atoms with Crippen LogP contribution in [0.2, 0.25) is 0 Å². The van der Waals surface area contributed by atoms with Crippen LogP contribution in [0.3, 0.4) is 0 Å². The second-order valence-electron chi connectivity index (χ2n) is 4.32. The van der Waals surface area contributed by atoms with E-state index in [0.29, 0.717) is 5.65 Å². The van der Waals surface area contributed by atoms with Gasteiger partial charge in [-0.2, -0.15) is 5.10 Å². The molecule has 0 aliphatic heterocycles. The highest BCUT2D eigenvalue weighted by atomic mass is 19.1. The van der Waals surface area contributed by atoms with Gasteiger partial charge in [0.2, 0.25) is 0 Å². The molecule has 2 heterocycles. The molecule has 1 amide bonds. The molecule has 0 saturated carbocycles. The van der Waals surface area contributed by atoms with Gasteiger partial charge in [0.05, 0.1) is 11.9 Å². The quantitative estimate of drug-likeness (QED) is 0.778. The molecule has 0 aliphatic carbocycles. The van der Waals surface area contributed by atoms with Crippen LogP contribution in [-0.2, 0) is 0 Å². The minimum atomic E-state index is -0.483. The maximum Gasteiger partial charge on any atom is 0.274 e. The summed E-state index contributed by atoms with van der Waals surface area (Å²) < 4.78 is 15.1. The fraction of sp³-hybridized carbons (Fsp3) is 0.0714. The summed E-state index contributed by atoms with van der Waals surface area (Å²) in [7, 11) is 0. The number of benzene rings is 1. The summed E-state index contributed by atoms with van der Waals surface area (Å²) in [6.07, 6.45) is 1.61. The van der Waals surface area contributed by atoms with Crippen molar-refractivity contribution in [2.45, 2.75) is 6.92 Å². The van der Waals surface area contributed by atoms with Crippen molar-refractivity contribution >= 4 is 17.2 Å². The molecule has 100 valence electrons. The van der Waals surface area contributed by atoms with E-state index in [1.807, 2.05) is 6.92 Å². The van der Waals surface area contributed by atoms with Crippen molar-refractivity contribution in [2.75, 3.05) is 5.32 Å². The lowest BCUT2D eigenvalue weighted by Crippen LogP contribution is -2.16. The van der Waals surface area contributed by atoms with Gasteiger partial charge in [0.15, 0.2) is 5.65 Å². The maximum atomic E-state index is 13.5. The number of nitrogens with one attached hydrogen (secondary N) is 1. The third-order valence-corrected chi connectivity index (χ3v) is 2.89. The lowest BCUT2D eigenvalue weighted by molar-refractivity contribution is 0.102. The van der Waals surface area contributed by atoms with Crippen LogP contribution in [0.4, 0.5) is 10.1 Å². The van der Waals surface area contributed by atoms with Gasteiger partial charge in [-0.05, 0) is 25.1 Å². The molecule has 1 aromatic carbocycles. The van der Waals surface area contributed by atoms with Crippen LogP contribution in [-0.4, -0.2) is 20.5 Å². The van der Waals surface area contributed by atoms with Crippen molar-refractivity contribution in [3.63, 3.8) is 0 Å². The largest absolute Gasteiger partial charge is 0.318 e. The first-order valence-corrected chi connectivity index (χ1v) is 6.02. The van der Waals surface area contributed by atoms with Crippen LogP contribution in [0.1, 0.15) is 16.2 Å². The molecule has 0 atom stereocenters. The molecule has 0 fully saturated rings. The van der Waals surface area contributed by atoms with E-state index in [4.69, 9.17) is 0 Å². The smallest absolute Gasteiger partial charge is 0.274 e. The summed E-state index contributed by atoms with van der Waals surface area (Å²) in [5, 5.41) is 6.58. The van der Waals surface area contributed by atoms with Crippen LogP contribution in [0.5, 0.6) is 0 Å². The van der Waals surface area contributed by atoms with Gasteiger partial charge in [0, 0.05) is 11.8 Å². The van der Waals surface area contributed by atoms with Gasteiger partial charge in [-0.3, -0.25) is 4.79 Å².